The lowest BCUT2D eigenvalue weighted by molar-refractivity contribution is -0.139. The smallest absolute Gasteiger partial charge is 0.228 e. The fourth-order valence-corrected chi connectivity index (χ4v) is 4.22. The maximum atomic E-state index is 13.1. The van der Waals surface area contributed by atoms with Crippen LogP contribution >= 0.6 is 0 Å². The van der Waals surface area contributed by atoms with Crippen LogP contribution in [0.1, 0.15) is 44.1 Å². The summed E-state index contributed by atoms with van der Waals surface area (Å²) in [5.41, 5.74) is 1.14. The Labute approximate surface area is 149 Å². The van der Waals surface area contributed by atoms with Crippen LogP contribution in [0.5, 0.6) is 0 Å². The molecule has 3 aliphatic rings. The summed E-state index contributed by atoms with van der Waals surface area (Å²) in [7, 11) is 0. The number of piperidine rings is 1. The fourth-order valence-electron chi connectivity index (χ4n) is 4.22. The van der Waals surface area contributed by atoms with Gasteiger partial charge in [-0.1, -0.05) is 0 Å². The number of hydrogen-bond donors (Lipinski definition) is 0. The number of rotatable bonds is 5. The zero-order chi connectivity index (χ0) is 17.4. The van der Waals surface area contributed by atoms with Gasteiger partial charge in [0.25, 0.3) is 0 Å². The van der Waals surface area contributed by atoms with Crippen molar-refractivity contribution >= 4 is 11.8 Å². The quantitative estimate of drug-likeness (QED) is 0.819. The third-order valence-electron chi connectivity index (χ3n) is 5.81. The zero-order valence-corrected chi connectivity index (χ0v) is 15.1. The van der Waals surface area contributed by atoms with Crippen molar-refractivity contribution in [2.75, 3.05) is 19.6 Å². The maximum absolute atomic E-state index is 13.1. The van der Waals surface area contributed by atoms with Gasteiger partial charge in [0, 0.05) is 32.3 Å². The van der Waals surface area contributed by atoms with E-state index in [1.807, 2.05) is 33.8 Å². The van der Waals surface area contributed by atoms with E-state index in [9.17, 15) is 9.59 Å². The van der Waals surface area contributed by atoms with Gasteiger partial charge in [0.15, 0.2) is 0 Å². The van der Waals surface area contributed by atoms with Crippen LogP contribution < -0.4 is 0 Å². The van der Waals surface area contributed by atoms with Crippen molar-refractivity contribution in [2.45, 2.75) is 58.0 Å². The summed E-state index contributed by atoms with van der Waals surface area (Å²) >= 11 is 0. The van der Waals surface area contributed by atoms with Gasteiger partial charge < -0.3 is 9.80 Å². The van der Waals surface area contributed by atoms with E-state index in [1.165, 1.54) is 12.8 Å². The molecular weight excluding hydrogens is 316 g/mol. The Bertz CT molecular complexity index is 652. The highest BCUT2D eigenvalue weighted by Gasteiger charge is 2.40. The summed E-state index contributed by atoms with van der Waals surface area (Å²) in [5, 5.41) is 4.38. The molecule has 1 aliphatic carbocycles. The molecule has 6 nitrogen and oxygen atoms in total. The highest BCUT2D eigenvalue weighted by atomic mass is 16.2. The summed E-state index contributed by atoms with van der Waals surface area (Å²) in [6.07, 6.45) is 10.0. The number of amides is 2. The molecule has 0 radical (unpaired) electrons. The molecule has 1 saturated carbocycles. The van der Waals surface area contributed by atoms with Crippen LogP contribution in [-0.4, -0.2) is 57.1 Å². The van der Waals surface area contributed by atoms with Crippen LogP contribution in [0.2, 0.25) is 0 Å². The number of hydrogen-bond acceptors (Lipinski definition) is 3. The Morgan fingerprint density at radius 3 is 2.80 bits per heavy atom. The minimum Gasteiger partial charge on any atom is -0.342 e. The average Bonchev–Trinajstić information content (AvgIpc) is 3.22. The first-order chi connectivity index (χ1) is 12.1. The van der Waals surface area contributed by atoms with Crippen molar-refractivity contribution in [1.29, 1.82) is 0 Å². The first-order valence-corrected chi connectivity index (χ1v) is 9.67. The molecule has 0 spiro atoms. The Balaban J connectivity index is 1.41. The lowest BCUT2D eigenvalue weighted by Gasteiger charge is -2.37. The zero-order valence-electron chi connectivity index (χ0n) is 15.1. The average molecular weight is 344 g/mol. The van der Waals surface area contributed by atoms with Crippen molar-refractivity contribution in [3.8, 4) is 0 Å². The second kappa shape index (κ2) is 6.81. The maximum Gasteiger partial charge on any atom is 0.228 e. The number of aromatic nitrogens is 2. The minimum absolute atomic E-state index is 0.147. The van der Waals surface area contributed by atoms with E-state index in [-0.39, 0.29) is 23.8 Å². The van der Waals surface area contributed by atoms with Gasteiger partial charge in [-0.05, 0) is 50.5 Å². The van der Waals surface area contributed by atoms with Crippen molar-refractivity contribution in [2.24, 2.45) is 11.8 Å². The van der Waals surface area contributed by atoms with Gasteiger partial charge in [0.1, 0.15) is 0 Å². The molecule has 4 rings (SSSR count). The number of carbonyl (C=O) groups excluding carboxylic acids is 2. The molecule has 1 aromatic heterocycles. The third-order valence-corrected chi connectivity index (χ3v) is 5.81. The summed E-state index contributed by atoms with van der Waals surface area (Å²) in [4.78, 5) is 29.3. The molecule has 3 fully saturated rings. The molecule has 0 unspecified atom stereocenters. The van der Waals surface area contributed by atoms with Crippen LogP contribution in [-0.2, 0) is 16.1 Å². The predicted molar refractivity (Wildman–Crippen MR) is 93.7 cm³/mol. The molecule has 2 amide bonds. The summed E-state index contributed by atoms with van der Waals surface area (Å²) in [6, 6.07) is 0.202. The Morgan fingerprint density at radius 1 is 1.24 bits per heavy atom. The van der Waals surface area contributed by atoms with Crippen molar-refractivity contribution in [3.63, 3.8) is 0 Å². The number of likely N-dealkylation sites (tertiary alicyclic amines) is 2. The van der Waals surface area contributed by atoms with Gasteiger partial charge in [0.2, 0.25) is 11.8 Å². The number of aryl methyl sites for hydroxylation is 1. The Hall–Kier alpha value is -1.85. The molecule has 2 atom stereocenters. The lowest BCUT2D eigenvalue weighted by atomic mass is 9.98. The van der Waals surface area contributed by atoms with Crippen LogP contribution in [0.15, 0.2) is 12.4 Å². The molecule has 6 heteroatoms. The van der Waals surface area contributed by atoms with Gasteiger partial charge in [-0.2, -0.15) is 5.10 Å². The molecule has 2 saturated heterocycles. The Morgan fingerprint density at radius 2 is 2.08 bits per heavy atom. The van der Waals surface area contributed by atoms with Crippen LogP contribution in [0.3, 0.4) is 0 Å². The van der Waals surface area contributed by atoms with Crippen molar-refractivity contribution < 1.29 is 9.59 Å². The second-order valence-electron chi connectivity index (χ2n) is 8.06. The van der Waals surface area contributed by atoms with Crippen LogP contribution in [0.4, 0.5) is 0 Å². The predicted octanol–water partition coefficient (Wildman–Crippen LogP) is 1.83. The minimum atomic E-state index is -0.147. The highest BCUT2D eigenvalue weighted by molar-refractivity contribution is 5.89. The topological polar surface area (TPSA) is 58.4 Å². The summed E-state index contributed by atoms with van der Waals surface area (Å²) < 4.78 is 1.95. The largest absolute Gasteiger partial charge is 0.342 e. The van der Waals surface area contributed by atoms with Gasteiger partial charge in [-0.25, -0.2) is 0 Å². The van der Waals surface area contributed by atoms with Gasteiger partial charge in [0.05, 0.1) is 24.7 Å². The van der Waals surface area contributed by atoms with Crippen LogP contribution in [0.25, 0.3) is 0 Å². The first-order valence-electron chi connectivity index (χ1n) is 9.67. The van der Waals surface area contributed by atoms with E-state index in [0.29, 0.717) is 18.9 Å². The molecule has 0 bridgehead atoms. The van der Waals surface area contributed by atoms with E-state index in [4.69, 9.17) is 0 Å². The van der Waals surface area contributed by atoms with E-state index in [2.05, 4.69) is 5.10 Å². The lowest BCUT2D eigenvalue weighted by Crippen LogP contribution is -2.48. The van der Waals surface area contributed by atoms with Gasteiger partial charge in [-0.15, -0.1) is 0 Å². The number of nitrogens with zero attached hydrogens (tertiary/aromatic N) is 4. The Kier molecular flexibility index (Phi) is 4.52. The van der Waals surface area contributed by atoms with Crippen LogP contribution in [0, 0.1) is 18.8 Å². The standard InChI is InChI=1S/C19H28N4O2/c1-14-9-20-22(10-14)13-17-4-2-3-7-23(17)19(25)16-8-18(24)21(12-16)11-15-5-6-15/h9-10,15-17H,2-8,11-13H2,1H3/t16-,17+/m1/s1. The molecule has 3 heterocycles. The van der Waals surface area contributed by atoms with E-state index in [0.717, 1.165) is 44.5 Å². The van der Waals surface area contributed by atoms with E-state index >= 15 is 0 Å². The third kappa shape index (κ3) is 3.72. The highest BCUT2D eigenvalue weighted by Crippen LogP contribution is 2.33. The molecule has 0 aromatic carbocycles. The number of carbonyl (C=O) groups is 2. The molecule has 0 N–H and O–H groups in total. The molecule has 25 heavy (non-hydrogen) atoms. The molecule has 136 valence electrons. The molecular formula is C19H28N4O2. The molecule has 2 aliphatic heterocycles. The fraction of sp³-hybridized carbons (Fsp3) is 0.737. The van der Waals surface area contributed by atoms with E-state index < -0.39 is 0 Å². The SMILES string of the molecule is Cc1cnn(C[C@@H]2CCCCN2C(=O)[C@@H]2CC(=O)N(CC3CC3)C2)c1. The van der Waals surface area contributed by atoms with Gasteiger partial charge in [-0.3, -0.25) is 14.3 Å². The monoisotopic (exact) mass is 344 g/mol. The van der Waals surface area contributed by atoms with Crippen molar-refractivity contribution in [3.05, 3.63) is 18.0 Å². The van der Waals surface area contributed by atoms with Crippen molar-refractivity contribution in [1.82, 2.24) is 19.6 Å². The van der Waals surface area contributed by atoms with Gasteiger partial charge >= 0.3 is 0 Å². The summed E-state index contributed by atoms with van der Waals surface area (Å²) in [5.74, 6) is 0.886. The molecule has 1 aromatic rings. The normalized spacial score (nSPS) is 27.2. The summed E-state index contributed by atoms with van der Waals surface area (Å²) in [6.45, 7) is 5.09. The second-order valence-corrected chi connectivity index (χ2v) is 8.06. The van der Waals surface area contributed by atoms with E-state index in [1.54, 1.807) is 0 Å². The first kappa shape index (κ1) is 16.6.